The molecule has 9 heteroatoms. The fourth-order valence-corrected chi connectivity index (χ4v) is 5.84. The molecule has 2 heterocycles. The van der Waals surface area contributed by atoms with Crippen LogP contribution in [0.25, 0.3) is 0 Å². The molecule has 0 bridgehead atoms. The van der Waals surface area contributed by atoms with E-state index in [1.165, 1.54) is 11.8 Å². The summed E-state index contributed by atoms with van der Waals surface area (Å²) in [5.41, 5.74) is 3.24. The molecule has 2 fully saturated rings. The molecule has 5 atom stereocenters. The van der Waals surface area contributed by atoms with Crippen LogP contribution in [0.15, 0.2) is 37.9 Å². The zero-order chi connectivity index (χ0) is 21.0. The van der Waals surface area contributed by atoms with Gasteiger partial charge in [0.15, 0.2) is 0 Å². The van der Waals surface area contributed by atoms with E-state index in [0.29, 0.717) is 10.8 Å². The second-order valence-electron chi connectivity index (χ2n) is 9.07. The number of allylic oxidation sites excluding steroid dienone is 1. The molecule has 29 heavy (non-hydrogen) atoms. The quantitative estimate of drug-likeness (QED) is 0.635. The second-order valence-corrected chi connectivity index (χ2v) is 10.9. The molecule has 4 rings (SSSR count). The third-order valence-corrected chi connectivity index (χ3v) is 7.96. The molecular weight excluding hydrogens is 388 g/mol. The van der Waals surface area contributed by atoms with E-state index < -0.39 is 16.3 Å². The maximum absolute atomic E-state index is 13.0. The van der Waals surface area contributed by atoms with Crippen molar-refractivity contribution in [2.75, 3.05) is 0 Å². The van der Waals surface area contributed by atoms with E-state index in [4.69, 9.17) is 10.1 Å². The lowest BCUT2D eigenvalue weighted by atomic mass is 9.81. The minimum atomic E-state index is -3.27. The summed E-state index contributed by atoms with van der Waals surface area (Å²) in [7, 11) is -3.27. The first-order valence-electron chi connectivity index (χ1n) is 10.5. The van der Waals surface area contributed by atoms with Gasteiger partial charge in [0, 0.05) is 29.6 Å². The van der Waals surface area contributed by atoms with Crippen LogP contribution in [-0.4, -0.2) is 36.7 Å². The van der Waals surface area contributed by atoms with Crippen LogP contribution in [0.4, 0.5) is 0 Å². The largest absolute Gasteiger partial charge is 0.355 e. The zero-order valence-electron chi connectivity index (χ0n) is 17.6. The summed E-state index contributed by atoms with van der Waals surface area (Å²) in [6.07, 6.45) is 6.93. The predicted molar refractivity (Wildman–Crippen MR) is 113 cm³/mol. The molecule has 1 aromatic rings. The number of aliphatic hydroxyl groups excluding tert-OH is 1. The van der Waals surface area contributed by atoms with Crippen molar-refractivity contribution >= 4 is 15.6 Å². The second kappa shape index (κ2) is 7.21. The molecule has 2 aliphatic carbocycles. The molecule has 2 saturated carbocycles. The molecule has 0 radical (unpaired) electrons. The molecule has 1 aliphatic heterocycles. The highest BCUT2D eigenvalue weighted by Gasteiger charge is 2.47. The molecule has 4 N–H and O–H groups in total. The van der Waals surface area contributed by atoms with E-state index in [9.17, 15) is 9.32 Å². The number of fused-ring (bicyclic) bond motifs is 2. The molecule has 0 spiro atoms. The van der Waals surface area contributed by atoms with Gasteiger partial charge in [-0.1, -0.05) is 13.3 Å². The van der Waals surface area contributed by atoms with Crippen LogP contribution in [-0.2, 0) is 9.92 Å². The fraction of sp³-hybridized carbons (Fsp3) is 0.700. The maximum atomic E-state index is 13.0. The standard InChI is InChI=1S/C20H32N6O2S/c1-12(2)26-11-14(10-22-26)29(21,28)25-19(27)23-18-15-8-7-13(3)17(15)24-20(4)9-5-6-16(18)20/h10-13,16,19,23,27H,5-9H2,1-4H3,(H2,21,25,28). The number of aliphatic hydroxyl groups is 1. The predicted octanol–water partition coefficient (Wildman–Crippen LogP) is 2.73. The minimum absolute atomic E-state index is 0.123. The summed E-state index contributed by atoms with van der Waals surface area (Å²) in [4.78, 5) is 5.45. The lowest BCUT2D eigenvalue weighted by molar-refractivity contribution is 0.152. The van der Waals surface area contributed by atoms with Crippen molar-refractivity contribution in [3.63, 3.8) is 0 Å². The van der Waals surface area contributed by atoms with E-state index in [0.717, 1.165) is 43.5 Å². The average molecular weight is 421 g/mol. The number of aliphatic imine (C=N–C) groups is 1. The van der Waals surface area contributed by atoms with Gasteiger partial charge in [0.1, 0.15) is 14.8 Å². The molecule has 5 unspecified atom stereocenters. The van der Waals surface area contributed by atoms with E-state index in [1.807, 2.05) is 13.8 Å². The van der Waals surface area contributed by atoms with E-state index >= 15 is 0 Å². The molecule has 0 saturated heterocycles. The maximum Gasteiger partial charge on any atom is 0.233 e. The highest BCUT2D eigenvalue weighted by molar-refractivity contribution is 7.91. The van der Waals surface area contributed by atoms with Crippen LogP contribution < -0.4 is 10.5 Å². The monoisotopic (exact) mass is 420 g/mol. The minimum Gasteiger partial charge on any atom is -0.355 e. The summed E-state index contributed by atoms with van der Waals surface area (Å²) in [6.45, 7) is 8.36. The van der Waals surface area contributed by atoms with Crippen LogP contribution in [0, 0.1) is 11.8 Å². The Morgan fingerprint density at radius 1 is 1.45 bits per heavy atom. The number of hydrogen-bond acceptors (Lipinski definition) is 6. The molecule has 0 amide bonds. The molecule has 0 aromatic carbocycles. The van der Waals surface area contributed by atoms with Gasteiger partial charge in [-0.25, -0.2) is 9.35 Å². The van der Waals surface area contributed by atoms with Gasteiger partial charge in [0.05, 0.1) is 11.7 Å². The fourth-order valence-electron chi connectivity index (χ4n) is 4.91. The van der Waals surface area contributed by atoms with Gasteiger partial charge in [0.25, 0.3) is 0 Å². The van der Waals surface area contributed by atoms with Gasteiger partial charge >= 0.3 is 0 Å². The molecule has 8 nitrogen and oxygen atoms in total. The number of dihydropyridines is 1. The first-order chi connectivity index (χ1) is 13.6. The molecular formula is C20H32N6O2S. The summed E-state index contributed by atoms with van der Waals surface area (Å²) in [6, 6.07) is 0.123. The number of nitrogens with one attached hydrogen (secondary N) is 1. The van der Waals surface area contributed by atoms with Crippen molar-refractivity contribution < 1.29 is 9.32 Å². The number of aromatic nitrogens is 2. The molecule has 3 aliphatic rings. The number of nitrogens with zero attached hydrogens (tertiary/aromatic N) is 4. The smallest absolute Gasteiger partial charge is 0.233 e. The highest BCUT2D eigenvalue weighted by Crippen LogP contribution is 2.49. The Balaban J connectivity index is 1.63. The first-order valence-corrected chi connectivity index (χ1v) is 12.0. The van der Waals surface area contributed by atoms with E-state index in [-0.39, 0.29) is 17.5 Å². The zero-order valence-corrected chi connectivity index (χ0v) is 18.4. The Bertz CT molecular complexity index is 987. The van der Waals surface area contributed by atoms with Gasteiger partial charge in [-0.15, -0.1) is 0 Å². The molecule has 1 aromatic heterocycles. The van der Waals surface area contributed by atoms with Gasteiger partial charge < -0.3 is 10.4 Å². The summed E-state index contributed by atoms with van der Waals surface area (Å²) >= 11 is 0. The molecule has 160 valence electrons. The number of hydrogen-bond donors (Lipinski definition) is 3. The van der Waals surface area contributed by atoms with Crippen LogP contribution in [0.3, 0.4) is 0 Å². The van der Waals surface area contributed by atoms with Crippen LogP contribution >= 0.6 is 0 Å². The Morgan fingerprint density at radius 2 is 2.21 bits per heavy atom. The van der Waals surface area contributed by atoms with Crippen molar-refractivity contribution in [1.29, 1.82) is 0 Å². The lowest BCUT2D eigenvalue weighted by Gasteiger charge is -2.37. The Labute approximate surface area is 173 Å². The summed E-state index contributed by atoms with van der Waals surface area (Å²) < 4.78 is 18.7. The van der Waals surface area contributed by atoms with Gasteiger partial charge in [0.2, 0.25) is 6.35 Å². The van der Waals surface area contributed by atoms with Crippen molar-refractivity contribution in [2.24, 2.45) is 26.3 Å². The van der Waals surface area contributed by atoms with Crippen LogP contribution in [0.2, 0.25) is 0 Å². The van der Waals surface area contributed by atoms with Crippen molar-refractivity contribution in [3.05, 3.63) is 23.7 Å². The Kier molecular flexibility index (Phi) is 5.11. The van der Waals surface area contributed by atoms with Crippen molar-refractivity contribution in [2.45, 2.75) is 82.6 Å². The SMILES string of the molecule is CC1CCC2=C(NC(O)N=S(N)(=O)c3cnn(C(C)C)c3)C3CCCC3(C)N=C21. The first kappa shape index (κ1) is 20.6. The van der Waals surface area contributed by atoms with E-state index in [1.54, 1.807) is 10.9 Å². The third-order valence-electron chi connectivity index (χ3n) is 6.56. The highest BCUT2D eigenvalue weighted by atomic mass is 32.2. The van der Waals surface area contributed by atoms with Gasteiger partial charge in [-0.2, -0.15) is 9.46 Å². The average Bonchev–Trinajstić information content (AvgIpc) is 3.33. The van der Waals surface area contributed by atoms with Crippen LogP contribution in [0.1, 0.15) is 65.8 Å². The van der Waals surface area contributed by atoms with Crippen LogP contribution in [0.5, 0.6) is 0 Å². The number of rotatable bonds is 5. The van der Waals surface area contributed by atoms with Crippen molar-refractivity contribution in [1.82, 2.24) is 15.1 Å². The third kappa shape index (κ3) is 3.64. The number of nitrogens with two attached hydrogens (primary N) is 1. The van der Waals surface area contributed by atoms with Crippen molar-refractivity contribution in [3.8, 4) is 0 Å². The van der Waals surface area contributed by atoms with Gasteiger partial charge in [-0.05, 0) is 57.9 Å². The lowest BCUT2D eigenvalue weighted by Crippen LogP contribution is -2.42. The topological polar surface area (TPSA) is 118 Å². The van der Waals surface area contributed by atoms with E-state index in [2.05, 4.69) is 28.6 Å². The van der Waals surface area contributed by atoms with Gasteiger partial charge in [-0.3, -0.25) is 9.67 Å². The Hall–Kier alpha value is -1.71. The summed E-state index contributed by atoms with van der Waals surface area (Å²) in [5, 5.41) is 24.0. The summed E-state index contributed by atoms with van der Waals surface area (Å²) in [5.74, 6) is 0.656. The normalized spacial score (nSPS) is 31.9. The Morgan fingerprint density at radius 3 is 2.90 bits per heavy atom.